The average molecular weight is 209 g/mol. The molecule has 1 aromatic rings. The van der Waals surface area contributed by atoms with E-state index in [0.717, 1.165) is 18.8 Å². The Morgan fingerprint density at radius 1 is 1.67 bits per heavy atom. The topological polar surface area (TPSA) is 41.3 Å². The fourth-order valence-electron chi connectivity index (χ4n) is 1.60. The van der Waals surface area contributed by atoms with Crippen molar-refractivity contribution in [1.29, 1.82) is 0 Å². The molecule has 0 radical (unpaired) electrons. The van der Waals surface area contributed by atoms with Gasteiger partial charge in [0.25, 0.3) is 0 Å². The molecule has 84 valence electrons. The Labute approximate surface area is 90.8 Å². The smallest absolute Gasteiger partial charge is 0.0638 e. The number of aryl methyl sites for hydroxylation is 2. The average Bonchev–Trinajstić information content (AvgIpc) is 2.46. The van der Waals surface area contributed by atoms with Gasteiger partial charge in [0.15, 0.2) is 0 Å². The molecule has 1 rings (SSSR count). The van der Waals surface area contributed by atoms with E-state index in [4.69, 9.17) is 5.11 Å². The molecule has 0 amide bonds. The fraction of sp³-hybridized carbons (Fsp3) is 0.545. The largest absolute Gasteiger partial charge is 0.395 e. The summed E-state index contributed by atoms with van der Waals surface area (Å²) in [5.74, 6) is 0. The minimum absolute atomic E-state index is 0.174. The Balaban J connectivity index is 2.64. The highest BCUT2D eigenvalue weighted by Crippen LogP contribution is 2.08. The van der Waals surface area contributed by atoms with Crippen molar-refractivity contribution in [2.24, 2.45) is 7.05 Å². The van der Waals surface area contributed by atoms with E-state index in [2.05, 4.69) is 16.6 Å². The number of rotatable bonds is 6. The van der Waals surface area contributed by atoms with Crippen molar-refractivity contribution in [2.45, 2.75) is 13.5 Å². The second-order valence-electron chi connectivity index (χ2n) is 3.66. The lowest BCUT2D eigenvalue weighted by molar-refractivity contribution is 0.203. The third-order valence-electron chi connectivity index (χ3n) is 2.31. The van der Waals surface area contributed by atoms with Gasteiger partial charge in [0.2, 0.25) is 0 Å². The van der Waals surface area contributed by atoms with Crippen LogP contribution in [0.25, 0.3) is 0 Å². The number of aliphatic hydroxyl groups is 1. The van der Waals surface area contributed by atoms with E-state index in [1.165, 1.54) is 5.56 Å². The fourth-order valence-corrected chi connectivity index (χ4v) is 1.60. The molecule has 4 heteroatoms. The minimum Gasteiger partial charge on any atom is -0.395 e. The van der Waals surface area contributed by atoms with Crippen molar-refractivity contribution in [3.05, 3.63) is 30.1 Å². The van der Waals surface area contributed by atoms with Crippen LogP contribution in [0.1, 0.15) is 11.3 Å². The highest BCUT2D eigenvalue weighted by atomic mass is 16.3. The lowest BCUT2D eigenvalue weighted by Crippen LogP contribution is -2.26. The first-order chi connectivity index (χ1) is 7.17. The molecule has 0 fully saturated rings. The summed E-state index contributed by atoms with van der Waals surface area (Å²) >= 11 is 0. The molecule has 0 saturated heterocycles. The van der Waals surface area contributed by atoms with Gasteiger partial charge < -0.3 is 5.11 Å². The SMILES string of the molecule is C=CCN(CCO)Cc1cn(C)nc1C. The van der Waals surface area contributed by atoms with Crippen molar-refractivity contribution in [3.8, 4) is 0 Å². The summed E-state index contributed by atoms with van der Waals surface area (Å²) in [5, 5.41) is 13.2. The molecule has 0 aliphatic heterocycles. The predicted molar refractivity (Wildman–Crippen MR) is 60.5 cm³/mol. The zero-order chi connectivity index (χ0) is 11.3. The quantitative estimate of drug-likeness (QED) is 0.701. The Morgan fingerprint density at radius 3 is 2.87 bits per heavy atom. The van der Waals surface area contributed by atoms with Crippen molar-refractivity contribution < 1.29 is 5.11 Å². The number of aliphatic hydroxyl groups excluding tert-OH is 1. The minimum atomic E-state index is 0.174. The molecule has 0 atom stereocenters. The second-order valence-corrected chi connectivity index (χ2v) is 3.66. The summed E-state index contributed by atoms with van der Waals surface area (Å²) < 4.78 is 1.82. The zero-order valence-corrected chi connectivity index (χ0v) is 9.48. The van der Waals surface area contributed by atoms with Crippen molar-refractivity contribution in [1.82, 2.24) is 14.7 Å². The number of hydrogen-bond donors (Lipinski definition) is 1. The van der Waals surface area contributed by atoms with Crippen LogP contribution in [0.3, 0.4) is 0 Å². The first-order valence-corrected chi connectivity index (χ1v) is 5.10. The standard InChI is InChI=1S/C11H19N3O/c1-4-5-14(6-7-15)9-11-8-13(3)12-10(11)2/h4,8,15H,1,5-7,9H2,2-3H3. The van der Waals surface area contributed by atoms with Gasteiger partial charge in [0, 0.05) is 38.4 Å². The van der Waals surface area contributed by atoms with Gasteiger partial charge in [-0.05, 0) is 6.92 Å². The van der Waals surface area contributed by atoms with E-state index in [0.29, 0.717) is 6.54 Å². The molecule has 1 aromatic heterocycles. The van der Waals surface area contributed by atoms with Gasteiger partial charge in [-0.3, -0.25) is 9.58 Å². The van der Waals surface area contributed by atoms with Crippen LogP contribution in [-0.2, 0) is 13.6 Å². The molecule has 0 bridgehead atoms. The molecule has 0 aromatic carbocycles. The maximum Gasteiger partial charge on any atom is 0.0638 e. The van der Waals surface area contributed by atoms with Gasteiger partial charge in [0.1, 0.15) is 0 Å². The third kappa shape index (κ3) is 3.49. The molecular weight excluding hydrogens is 190 g/mol. The maximum absolute atomic E-state index is 8.92. The molecular formula is C11H19N3O. The lowest BCUT2D eigenvalue weighted by atomic mass is 10.2. The molecule has 0 saturated carbocycles. The van der Waals surface area contributed by atoms with Crippen LogP contribution in [0.5, 0.6) is 0 Å². The Hall–Kier alpha value is -1.13. The Kier molecular flexibility index (Phi) is 4.52. The number of nitrogens with zero attached hydrogens (tertiary/aromatic N) is 3. The summed E-state index contributed by atoms with van der Waals surface area (Å²) in [6.07, 6.45) is 3.87. The predicted octanol–water partition coefficient (Wildman–Crippen LogP) is 0.709. The zero-order valence-electron chi connectivity index (χ0n) is 9.48. The summed E-state index contributed by atoms with van der Waals surface area (Å²) in [6, 6.07) is 0. The van der Waals surface area contributed by atoms with E-state index in [9.17, 15) is 0 Å². The van der Waals surface area contributed by atoms with E-state index < -0.39 is 0 Å². The monoisotopic (exact) mass is 209 g/mol. The van der Waals surface area contributed by atoms with Crippen molar-refractivity contribution in [3.63, 3.8) is 0 Å². The van der Waals surface area contributed by atoms with Crippen LogP contribution in [0.15, 0.2) is 18.9 Å². The van der Waals surface area contributed by atoms with Gasteiger partial charge in [0.05, 0.1) is 12.3 Å². The van der Waals surface area contributed by atoms with E-state index in [1.807, 2.05) is 30.9 Å². The maximum atomic E-state index is 8.92. The molecule has 0 unspecified atom stereocenters. The van der Waals surface area contributed by atoms with Crippen LogP contribution in [-0.4, -0.2) is 39.5 Å². The Morgan fingerprint density at radius 2 is 2.40 bits per heavy atom. The number of aromatic nitrogens is 2. The third-order valence-corrected chi connectivity index (χ3v) is 2.31. The summed E-state index contributed by atoms with van der Waals surface area (Å²) in [5.41, 5.74) is 2.25. The van der Waals surface area contributed by atoms with Crippen LogP contribution in [0.2, 0.25) is 0 Å². The molecule has 15 heavy (non-hydrogen) atoms. The van der Waals surface area contributed by atoms with Crippen LogP contribution in [0.4, 0.5) is 0 Å². The van der Waals surface area contributed by atoms with Gasteiger partial charge in [-0.25, -0.2) is 0 Å². The Bertz CT molecular complexity index is 320. The van der Waals surface area contributed by atoms with Gasteiger partial charge >= 0.3 is 0 Å². The molecule has 1 heterocycles. The van der Waals surface area contributed by atoms with Gasteiger partial charge in [-0.15, -0.1) is 6.58 Å². The van der Waals surface area contributed by atoms with Crippen LogP contribution < -0.4 is 0 Å². The molecule has 1 N–H and O–H groups in total. The van der Waals surface area contributed by atoms with Gasteiger partial charge in [-0.1, -0.05) is 6.08 Å². The first kappa shape index (κ1) is 11.9. The molecule has 4 nitrogen and oxygen atoms in total. The van der Waals surface area contributed by atoms with E-state index >= 15 is 0 Å². The highest BCUT2D eigenvalue weighted by molar-refractivity contribution is 5.15. The van der Waals surface area contributed by atoms with Crippen molar-refractivity contribution in [2.75, 3.05) is 19.7 Å². The van der Waals surface area contributed by atoms with E-state index in [-0.39, 0.29) is 6.61 Å². The normalized spacial score (nSPS) is 10.9. The highest BCUT2D eigenvalue weighted by Gasteiger charge is 2.08. The molecule has 0 spiro atoms. The van der Waals surface area contributed by atoms with Crippen LogP contribution in [0, 0.1) is 6.92 Å². The first-order valence-electron chi connectivity index (χ1n) is 5.10. The van der Waals surface area contributed by atoms with Crippen molar-refractivity contribution >= 4 is 0 Å². The molecule has 0 aliphatic carbocycles. The molecule has 0 aliphatic rings. The number of hydrogen-bond acceptors (Lipinski definition) is 3. The van der Waals surface area contributed by atoms with Crippen LogP contribution >= 0.6 is 0 Å². The summed E-state index contributed by atoms with van der Waals surface area (Å²) in [6.45, 7) is 8.15. The lowest BCUT2D eigenvalue weighted by Gasteiger charge is -2.18. The van der Waals surface area contributed by atoms with Gasteiger partial charge in [-0.2, -0.15) is 5.10 Å². The summed E-state index contributed by atoms with van der Waals surface area (Å²) in [7, 11) is 1.92. The second kappa shape index (κ2) is 5.68. The van der Waals surface area contributed by atoms with E-state index in [1.54, 1.807) is 0 Å². The summed E-state index contributed by atoms with van der Waals surface area (Å²) in [4.78, 5) is 2.14.